The van der Waals surface area contributed by atoms with Crippen LogP contribution in [0.2, 0.25) is 5.02 Å². The zero-order valence-corrected chi connectivity index (χ0v) is 17.3. The van der Waals surface area contributed by atoms with Crippen molar-refractivity contribution in [1.82, 2.24) is 10.2 Å². The van der Waals surface area contributed by atoms with E-state index >= 15 is 0 Å². The number of halogens is 1. The summed E-state index contributed by atoms with van der Waals surface area (Å²) >= 11 is 6.18. The van der Waals surface area contributed by atoms with Crippen LogP contribution in [0.3, 0.4) is 0 Å². The van der Waals surface area contributed by atoms with Crippen molar-refractivity contribution in [2.24, 2.45) is 5.92 Å². The Bertz CT molecular complexity index is 987. The molecule has 7 heteroatoms. The van der Waals surface area contributed by atoms with E-state index < -0.39 is 5.54 Å². The quantitative estimate of drug-likeness (QED) is 0.739. The first-order valence-corrected chi connectivity index (χ1v) is 10.7. The molecule has 2 aromatic carbocycles. The van der Waals surface area contributed by atoms with Gasteiger partial charge in [-0.1, -0.05) is 41.9 Å². The van der Waals surface area contributed by atoms with Gasteiger partial charge in [-0.2, -0.15) is 0 Å². The summed E-state index contributed by atoms with van der Waals surface area (Å²) in [4.78, 5) is 15.2. The predicted molar refractivity (Wildman–Crippen MR) is 114 cm³/mol. The van der Waals surface area contributed by atoms with Gasteiger partial charge < -0.3 is 14.8 Å². The van der Waals surface area contributed by atoms with Crippen LogP contribution in [0.1, 0.15) is 24.8 Å². The number of guanidine groups is 1. The fraction of sp³-hybridized carbons (Fsp3) is 0.391. The number of nitrogens with zero attached hydrogens (tertiary/aromatic N) is 1. The summed E-state index contributed by atoms with van der Waals surface area (Å²) in [6.45, 7) is 1.56. The number of carbonyl (C=O) groups excluding carboxylic acids is 1. The highest BCUT2D eigenvalue weighted by atomic mass is 35.5. The highest BCUT2D eigenvalue weighted by Gasteiger charge is 2.59. The van der Waals surface area contributed by atoms with Gasteiger partial charge in [-0.15, -0.1) is 0 Å². The van der Waals surface area contributed by atoms with Crippen molar-refractivity contribution in [3.05, 3.63) is 59.1 Å². The van der Waals surface area contributed by atoms with Crippen molar-refractivity contribution >= 4 is 23.5 Å². The number of rotatable bonds is 6. The molecule has 0 spiro atoms. The molecule has 2 heterocycles. The Labute approximate surface area is 180 Å². The summed E-state index contributed by atoms with van der Waals surface area (Å²) in [5.74, 6) is 0.276. The number of nitrogens with one attached hydrogen (secondary N) is 2. The number of hydrogen-bond acceptors (Lipinski definition) is 4. The molecule has 1 aliphatic carbocycles. The molecular weight excluding hydrogens is 402 g/mol. The first-order valence-electron chi connectivity index (χ1n) is 10.4. The van der Waals surface area contributed by atoms with E-state index in [0.29, 0.717) is 31.2 Å². The molecule has 156 valence electrons. The predicted octanol–water partition coefficient (Wildman–Crippen LogP) is 3.74. The third-order valence-corrected chi connectivity index (χ3v) is 6.35. The van der Waals surface area contributed by atoms with E-state index in [0.717, 1.165) is 29.5 Å². The second-order valence-electron chi connectivity index (χ2n) is 8.06. The third-order valence-electron chi connectivity index (χ3n) is 6.11. The Hall–Kier alpha value is -2.41. The lowest BCUT2D eigenvalue weighted by molar-refractivity contribution is -0.133. The standard InChI is InChI=1S/C23H24ClN3O3/c24-19-6-2-4-16(14-19)15-3-1-5-18(13-15)23(17-7-8-17)21(28)27(22(25)26-23)10-9-20-29-11-12-30-20/h1-6,13-14,17,20H,7-12H2,(H2,25,26). The van der Waals surface area contributed by atoms with Gasteiger partial charge in [-0.25, -0.2) is 0 Å². The fourth-order valence-corrected chi connectivity index (χ4v) is 4.67. The average Bonchev–Trinajstić information content (AvgIpc) is 3.41. The minimum absolute atomic E-state index is 0.0590. The van der Waals surface area contributed by atoms with E-state index in [1.54, 1.807) is 0 Å². The number of carbonyl (C=O) groups is 1. The van der Waals surface area contributed by atoms with E-state index in [1.807, 2.05) is 42.5 Å². The lowest BCUT2D eigenvalue weighted by Gasteiger charge is -2.28. The molecule has 5 rings (SSSR count). The lowest BCUT2D eigenvalue weighted by atomic mass is 9.83. The van der Waals surface area contributed by atoms with E-state index in [2.05, 4.69) is 11.4 Å². The van der Waals surface area contributed by atoms with Crippen molar-refractivity contribution in [3.63, 3.8) is 0 Å². The van der Waals surface area contributed by atoms with Crippen LogP contribution in [-0.4, -0.2) is 42.8 Å². The largest absolute Gasteiger partial charge is 0.350 e. The van der Waals surface area contributed by atoms with Gasteiger partial charge in [0.2, 0.25) is 0 Å². The van der Waals surface area contributed by atoms with Crippen molar-refractivity contribution in [2.45, 2.75) is 31.1 Å². The van der Waals surface area contributed by atoms with Crippen molar-refractivity contribution < 1.29 is 14.3 Å². The summed E-state index contributed by atoms with van der Waals surface area (Å²) in [5, 5.41) is 12.4. The highest BCUT2D eigenvalue weighted by Crippen LogP contribution is 2.49. The maximum absolute atomic E-state index is 13.6. The van der Waals surface area contributed by atoms with E-state index in [9.17, 15) is 4.79 Å². The van der Waals surface area contributed by atoms with Crippen molar-refractivity contribution in [2.75, 3.05) is 19.8 Å². The molecule has 1 amide bonds. The molecule has 0 bridgehead atoms. The van der Waals surface area contributed by atoms with Crippen LogP contribution >= 0.6 is 11.6 Å². The first kappa shape index (κ1) is 19.5. The number of hydrogen-bond donors (Lipinski definition) is 2. The zero-order chi connectivity index (χ0) is 20.7. The number of ether oxygens (including phenoxy) is 2. The van der Waals surface area contributed by atoms with Crippen LogP contribution in [0.4, 0.5) is 0 Å². The zero-order valence-electron chi connectivity index (χ0n) is 16.6. The van der Waals surface area contributed by atoms with Gasteiger partial charge in [-0.05, 0) is 53.6 Å². The summed E-state index contributed by atoms with van der Waals surface area (Å²) in [7, 11) is 0. The number of amides is 1. The lowest BCUT2D eigenvalue weighted by Crippen LogP contribution is -2.46. The molecule has 0 radical (unpaired) electrons. The number of benzene rings is 2. The van der Waals surface area contributed by atoms with E-state index in [4.69, 9.17) is 26.5 Å². The average molecular weight is 426 g/mol. The van der Waals surface area contributed by atoms with Gasteiger partial charge in [0, 0.05) is 18.0 Å². The van der Waals surface area contributed by atoms with Crippen LogP contribution < -0.4 is 5.32 Å². The molecule has 1 saturated carbocycles. The van der Waals surface area contributed by atoms with E-state index in [-0.39, 0.29) is 24.1 Å². The van der Waals surface area contributed by atoms with Gasteiger partial charge in [-0.3, -0.25) is 15.1 Å². The normalized spacial score (nSPS) is 24.5. The molecule has 0 aromatic heterocycles. The SMILES string of the molecule is N=C1NC(c2cccc(-c3cccc(Cl)c3)c2)(C2CC2)C(=O)N1CCC1OCCO1. The molecule has 3 aliphatic rings. The summed E-state index contributed by atoms with van der Waals surface area (Å²) in [6.07, 6.45) is 2.19. The molecule has 2 N–H and O–H groups in total. The van der Waals surface area contributed by atoms with Gasteiger partial charge in [0.1, 0.15) is 5.54 Å². The van der Waals surface area contributed by atoms with Gasteiger partial charge in [0.25, 0.3) is 5.91 Å². The topological polar surface area (TPSA) is 74.7 Å². The van der Waals surface area contributed by atoms with Crippen LogP contribution in [0.25, 0.3) is 11.1 Å². The Morgan fingerprint density at radius 2 is 1.80 bits per heavy atom. The second-order valence-corrected chi connectivity index (χ2v) is 8.50. The van der Waals surface area contributed by atoms with Crippen LogP contribution in [0.5, 0.6) is 0 Å². The summed E-state index contributed by atoms with van der Waals surface area (Å²) < 4.78 is 11.0. The smallest absolute Gasteiger partial charge is 0.259 e. The Morgan fingerprint density at radius 3 is 2.50 bits per heavy atom. The minimum atomic E-state index is -0.886. The molecule has 2 saturated heterocycles. The maximum atomic E-state index is 13.6. The summed E-state index contributed by atoms with van der Waals surface area (Å²) in [6, 6.07) is 15.7. The maximum Gasteiger partial charge on any atom is 0.259 e. The van der Waals surface area contributed by atoms with Gasteiger partial charge in [0.05, 0.1) is 13.2 Å². The van der Waals surface area contributed by atoms with Crippen LogP contribution in [0.15, 0.2) is 48.5 Å². The summed E-state index contributed by atoms with van der Waals surface area (Å²) in [5.41, 5.74) is 2.02. The Kier molecular flexibility index (Phi) is 5.01. The van der Waals surface area contributed by atoms with Crippen LogP contribution in [-0.2, 0) is 19.8 Å². The van der Waals surface area contributed by atoms with Gasteiger partial charge >= 0.3 is 0 Å². The highest BCUT2D eigenvalue weighted by molar-refractivity contribution is 6.30. The first-order chi connectivity index (χ1) is 14.6. The van der Waals surface area contributed by atoms with Crippen LogP contribution in [0, 0.1) is 11.3 Å². The molecule has 2 aromatic rings. The molecule has 2 aliphatic heterocycles. The molecule has 1 atom stereocenters. The third kappa shape index (κ3) is 3.39. The minimum Gasteiger partial charge on any atom is -0.350 e. The second kappa shape index (κ2) is 7.69. The van der Waals surface area contributed by atoms with Gasteiger partial charge in [0.15, 0.2) is 12.2 Å². The molecule has 1 unspecified atom stereocenters. The fourth-order valence-electron chi connectivity index (χ4n) is 4.48. The molecule has 3 fully saturated rings. The molecular formula is C23H24ClN3O3. The monoisotopic (exact) mass is 425 g/mol. The van der Waals surface area contributed by atoms with E-state index in [1.165, 1.54) is 4.90 Å². The van der Waals surface area contributed by atoms with Crippen molar-refractivity contribution in [3.8, 4) is 11.1 Å². The Balaban J connectivity index is 1.46. The van der Waals surface area contributed by atoms with Crippen molar-refractivity contribution in [1.29, 1.82) is 5.41 Å². The molecule has 30 heavy (non-hydrogen) atoms. The Morgan fingerprint density at radius 1 is 1.10 bits per heavy atom. The molecule has 6 nitrogen and oxygen atoms in total.